The van der Waals surface area contributed by atoms with Crippen LogP contribution < -0.4 is 0 Å². The Balaban J connectivity index is 3.55. The molecule has 0 heterocycles. The quantitative estimate of drug-likeness (QED) is 0.422. The van der Waals surface area contributed by atoms with Crippen LogP contribution in [0.3, 0.4) is 0 Å². The standard InChI is InChI=1S/C11H21BrO3/c1-3-4-5-6-7-8-9(13)10(12)11(14)15-2/h9-10,13H,3-8H2,1-2H3/t9-,10-/m1/s1. The molecular weight excluding hydrogens is 260 g/mol. The molecule has 15 heavy (non-hydrogen) atoms. The second kappa shape index (κ2) is 9.16. The molecule has 0 aromatic heterocycles. The third-order valence-electron chi connectivity index (χ3n) is 2.37. The van der Waals surface area contributed by atoms with Crippen molar-refractivity contribution in [1.29, 1.82) is 0 Å². The van der Waals surface area contributed by atoms with Crippen LogP contribution in [0, 0.1) is 0 Å². The average Bonchev–Trinajstić information content (AvgIpc) is 2.26. The van der Waals surface area contributed by atoms with E-state index in [4.69, 9.17) is 0 Å². The summed E-state index contributed by atoms with van der Waals surface area (Å²) in [5.41, 5.74) is 0. The van der Waals surface area contributed by atoms with Gasteiger partial charge in [0.2, 0.25) is 0 Å². The first-order valence-electron chi connectivity index (χ1n) is 5.53. The Bertz CT molecular complexity index is 173. The summed E-state index contributed by atoms with van der Waals surface area (Å²) in [6.07, 6.45) is 5.74. The molecule has 0 unspecified atom stereocenters. The van der Waals surface area contributed by atoms with Crippen molar-refractivity contribution >= 4 is 21.9 Å². The van der Waals surface area contributed by atoms with Crippen LogP contribution in [0.2, 0.25) is 0 Å². The largest absolute Gasteiger partial charge is 0.468 e. The number of alkyl halides is 1. The van der Waals surface area contributed by atoms with Crippen LogP contribution in [0.1, 0.15) is 45.4 Å². The van der Waals surface area contributed by atoms with Crippen molar-refractivity contribution in [1.82, 2.24) is 0 Å². The summed E-state index contributed by atoms with van der Waals surface area (Å²) in [4.78, 5) is 10.5. The molecule has 0 rings (SSSR count). The molecule has 4 heteroatoms. The Hall–Kier alpha value is -0.0900. The minimum atomic E-state index is -0.640. The molecule has 0 aliphatic carbocycles. The normalized spacial score (nSPS) is 14.7. The number of hydrogen-bond acceptors (Lipinski definition) is 3. The van der Waals surface area contributed by atoms with Crippen molar-refractivity contribution in [2.45, 2.75) is 56.4 Å². The lowest BCUT2D eigenvalue weighted by Crippen LogP contribution is -2.29. The smallest absolute Gasteiger partial charge is 0.322 e. The first-order valence-corrected chi connectivity index (χ1v) is 6.45. The van der Waals surface area contributed by atoms with Crippen LogP contribution in [0.4, 0.5) is 0 Å². The molecule has 0 aliphatic heterocycles. The second-order valence-corrected chi connectivity index (χ2v) is 4.68. The maximum absolute atomic E-state index is 11.1. The lowest BCUT2D eigenvalue weighted by Gasteiger charge is -2.14. The zero-order chi connectivity index (χ0) is 11.7. The molecule has 2 atom stereocenters. The summed E-state index contributed by atoms with van der Waals surface area (Å²) in [5.74, 6) is -0.406. The number of carbonyl (C=O) groups is 1. The minimum absolute atomic E-state index is 0.406. The van der Waals surface area contributed by atoms with Gasteiger partial charge in [-0.3, -0.25) is 4.79 Å². The van der Waals surface area contributed by atoms with E-state index < -0.39 is 16.9 Å². The highest BCUT2D eigenvalue weighted by molar-refractivity contribution is 9.10. The van der Waals surface area contributed by atoms with Crippen molar-refractivity contribution in [3.05, 3.63) is 0 Å². The molecule has 0 saturated carbocycles. The number of hydrogen-bond donors (Lipinski definition) is 1. The van der Waals surface area contributed by atoms with Crippen LogP contribution in [-0.2, 0) is 9.53 Å². The van der Waals surface area contributed by atoms with Gasteiger partial charge in [-0.2, -0.15) is 0 Å². The third kappa shape index (κ3) is 6.90. The van der Waals surface area contributed by atoms with E-state index in [2.05, 4.69) is 27.6 Å². The minimum Gasteiger partial charge on any atom is -0.468 e. The first-order chi connectivity index (χ1) is 7.13. The van der Waals surface area contributed by atoms with Crippen LogP contribution in [-0.4, -0.2) is 29.1 Å². The van der Waals surface area contributed by atoms with E-state index in [0.29, 0.717) is 6.42 Å². The molecule has 0 aromatic rings. The zero-order valence-electron chi connectivity index (χ0n) is 9.54. The van der Waals surface area contributed by atoms with Crippen LogP contribution in [0.5, 0.6) is 0 Å². The number of aliphatic hydroxyl groups is 1. The fraction of sp³-hybridized carbons (Fsp3) is 0.909. The summed E-state index contributed by atoms with van der Waals surface area (Å²) in [6, 6.07) is 0. The number of esters is 1. The van der Waals surface area contributed by atoms with Gasteiger partial charge in [0.1, 0.15) is 4.83 Å². The number of ether oxygens (including phenoxy) is 1. The highest BCUT2D eigenvalue weighted by Crippen LogP contribution is 2.15. The highest BCUT2D eigenvalue weighted by atomic mass is 79.9. The van der Waals surface area contributed by atoms with Crippen molar-refractivity contribution in [2.24, 2.45) is 0 Å². The molecule has 3 nitrogen and oxygen atoms in total. The lowest BCUT2D eigenvalue weighted by molar-refractivity contribution is -0.141. The molecule has 0 bridgehead atoms. The van der Waals surface area contributed by atoms with Gasteiger partial charge in [-0.1, -0.05) is 55.0 Å². The summed E-state index contributed by atoms with van der Waals surface area (Å²) in [6.45, 7) is 2.17. The second-order valence-electron chi connectivity index (χ2n) is 3.70. The van der Waals surface area contributed by atoms with E-state index in [-0.39, 0.29) is 0 Å². The van der Waals surface area contributed by atoms with E-state index in [0.717, 1.165) is 12.8 Å². The molecule has 0 aromatic carbocycles. The Morgan fingerprint density at radius 2 is 1.93 bits per heavy atom. The third-order valence-corrected chi connectivity index (χ3v) is 3.35. The fourth-order valence-corrected chi connectivity index (χ4v) is 1.82. The topological polar surface area (TPSA) is 46.5 Å². The summed E-state index contributed by atoms with van der Waals surface area (Å²) < 4.78 is 4.53. The van der Waals surface area contributed by atoms with Crippen molar-refractivity contribution < 1.29 is 14.6 Å². The van der Waals surface area contributed by atoms with Gasteiger partial charge in [-0.15, -0.1) is 0 Å². The van der Waals surface area contributed by atoms with E-state index in [1.165, 1.54) is 26.4 Å². The number of halogens is 1. The fourth-order valence-electron chi connectivity index (χ4n) is 1.37. The number of rotatable bonds is 8. The summed E-state index contributed by atoms with van der Waals surface area (Å²) in [5, 5.41) is 9.63. The average molecular weight is 281 g/mol. The van der Waals surface area contributed by atoms with Crippen molar-refractivity contribution in [3.8, 4) is 0 Å². The van der Waals surface area contributed by atoms with E-state index in [1.54, 1.807) is 0 Å². The van der Waals surface area contributed by atoms with Gasteiger partial charge in [-0.25, -0.2) is 0 Å². The van der Waals surface area contributed by atoms with Gasteiger partial charge in [0.15, 0.2) is 0 Å². The molecule has 90 valence electrons. The number of unbranched alkanes of at least 4 members (excludes halogenated alkanes) is 4. The SMILES string of the molecule is CCCCCCC[C@@H](O)[C@@H](Br)C(=O)OC. The maximum atomic E-state index is 11.1. The van der Waals surface area contributed by atoms with Crippen molar-refractivity contribution in [2.75, 3.05) is 7.11 Å². The van der Waals surface area contributed by atoms with Gasteiger partial charge in [0.25, 0.3) is 0 Å². The molecular formula is C11H21BrO3. The summed E-state index contributed by atoms with van der Waals surface area (Å²) >= 11 is 3.13. The molecule has 0 fully saturated rings. The zero-order valence-corrected chi connectivity index (χ0v) is 11.1. The van der Waals surface area contributed by atoms with Gasteiger partial charge in [-0.05, 0) is 6.42 Å². The van der Waals surface area contributed by atoms with Crippen molar-refractivity contribution in [3.63, 3.8) is 0 Å². The first kappa shape index (κ1) is 14.9. The molecule has 0 aliphatic rings. The highest BCUT2D eigenvalue weighted by Gasteiger charge is 2.23. The Kier molecular flexibility index (Phi) is 9.10. The van der Waals surface area contributed by atoms with Crippen LogP contribution >= 0.6 is 15.9 Å². The Morgan fingerprint density at radius 1 is 1.33 bits per heavy atom. The van der Waals surface area contributed by atoms with E-state index in [1.807, 2.05) is 0 Å². The molecule has 0 amide bonds. The van der Waals surface area contributed by atoms with E-state index >= 15 is 0 Å². The van der Waals surface area contributed by atoms with Crippen LogP contribution in [0.15, 0.2) is 0 Å². The Morgan fingerprint density at radius 3 is 2.47 bits per heavy atom. The van der Waals surface area contributed by atoms with Gasteiger partial charge in [0.05, 0.1) is 13.2 Å². The maximum Gasteiger partial charge on any atom is 0.322 e. The molecule has 0 radical (unpaired) electrons. The van der Waals surface area contributed by atoms with Crippen LogP contribution in [0.25, 0.3) is 0 Å². The van der Waals surface area contributed by atoms with Gasteiger partial charge < -0.3 is 9.84 Å². The number of carbonyl (C=O) groups excluding carboxylic acids is 1. The summed E-state index contributed by atoms with van der Waals surface area (Å²) in [7, 11) is 1.32. The van der Waals surface area contributed by atoms with Gasteiger partial charge in [0, 0.05) is 0 Å². The molecule has 1 N–H and O–H groups in total. The van der Waals surface area contributed by atoms with E-state index in [9.17, 15) is 9.90 Å². The lowest BCUT2D eigenvalue weighted by atomic mass is 10.1. The molecule has 0 saturated heterocycles. The van der Waals surface area contributed by atoms with Gasteiger partial charge >= 0.3 is 5.97 Å². The molecule has 0 spiro atoms. The number of methoxy groups -OCH3 is 1. The predicted octanol–water partition coefficient (Wildman–Crippen LogP) is 2.64. The Labute approximate surface area is 100 Å². The predicted molar refractivity (Wildman–Crippen MR) is 64.1 cm³/mol. The number of aliphatic hydroxyl groups excluding tert-OH is 1. The monoisotopic (exact) mass is 280 g/mol.